The SMILES string of the molecule is CCSc1cccn(C(=O)NC)c1=O. The quantitative estimate of drug-likeness (QED) is 0.748. The number of hydrogen-bond acceptors (Lipinski definition) is 3. The third-order valence-corrected chi connectivity index (χ3v) is 2.56. The van der Waals surface area contributed by atoms with Gasteiger partial charge < -0.3 is 5.32 Å². The molecule has 4 nitrogen and oxygen atoms in total. The van der Waals surface area contributed by atoms with Crippen LogP contribution in [0.1, 0.15) is 6.92 Å². The van der Waals surface area contributed by atoms with Crippen molar-refractivity contribution in [3.05, 3.63) is 28.7 Å². The molecule has 14 heavy (non-hydrogen) atoms. The van der Waals surface area contributed by atoms with Gasteiger partial charge in [0.05, 0.1) is 4.90 Å². The monoisotopic (exact) mass is 212 g/mol. The van der Waals surface area contributed by atoms with Gasteiger partial charge in [-0.2, -0.15) is 0 Å². The molecule has 0 spiro atoms. The van der Waals surface area contributed by atoms with Crippen molar-refractivity contribution in [1.82, 2.24) is 9.88 Å². The van der Waals surface area contributed by atoms with Crippen LogP contribution in [0.5, 0.6) is 0 Å². The van der Waals surface area contributed by atoms with E-state index in [0.29, 0.717) is 4.90 Å². The Balaban J connectivity index is 3.14. The van der Waals surface area contributed by atoms with Gasteiger partial charge in [0.15, 0.2) is 0 Å². The molecule has 76 valence electrons. The van der Waals surface area contributed by atoms with E-state index in [9.17, 15) is 9.59 Å². The van der Waals surface area contributed by atoms with Crippen LogP contribution in [-0.4, -0.2) is 23.4 Å². The first-order valence-corrected chi connectivity index (χ1v) is 5.25. The molecule has 0 aliphatic carbocycles. The summed E-state index contributed by atoms with van der Waals surface area (Å²) < 4.78 is 1.07. The molecule has 0 saturated carbocycles. The summed E-state index contributed by atoms with van der Waals surface area (Å²) in [6.45, 7) is 1.96. The van der Waals surface area contributed by atoms with E-state index in [2.05, 4.69) is 5.32 Å². The minimum atomic E-state index is -0.409. The molecular weight excluding hydrogens is 200 g/mol. The first-order valence-electron chi connectivity index (χ1n) is 4.27. The van der Waals surface area contributed by atoms with Crippen LogP contribution in [0.25, 0.3) is 0 Å². The van der Waals surface area contributed by atoms with Gasteiger partial charge in [0.2, 0.25) is 0 Å². The van der Waals surface area contributed by atoms with Gasteiger partial charge in [0, 0.05) is 13.2 Å². The topological polar surface area (TPSA) is 51.1 Å². The smallest absolute Gasteiger partial charge is 0.328 e. The molecule has 5 heteroatoms. The molecule has 0 bridgehead atoms. The van der Waals surface area contributed by atoms with Crippen molar-refractivity contribution < 1.29 is 4.79 Å². The summed E-state index contributed by atoms with van der Waals surface area (Å²) in [5.41, 5.74) is -0.265. The van der Waals surface area contributed by atoms with Crippen molar-refractivity contribution >= 4 is 17.8 Å². The first kappa shape index (κ1) is 10.8. The Morgan fingerprint density at radius 3 is 2.93 bits per heavy atom. The molecule has 1 amide bonds. The van der Waals surface area contributed by atoms with E-state index < -0.39 is 6.03 Å². The normalized spacial score (nSPS) is 9.86. The van der Waals surface area contributed by atoms with Gasteiger partial charge in [0.25, 0.3) is 5.56 Å². The van der Waals surface area contributed by atoms with Crippen LogP contribution >= 0.6 is 11.8 Å². The standard InChI is InChI=1S/C9H12N2O2S/c1-3-14-7-5-4-6-11(8(7)12)9(13)10-2/h4-6H,3H2,1-2H3,(H,10,13). The number of aromatic nitrogens is 1. The molecule has 0 radical (unpaired) electrons. The van der Waals surface area contributed by atoms with Crippen molar-refractivity contribution in [3.8, 4) is 0 Å². The van der Waals surface area contributed by atoms with Crippen molar-refractivity contribution in [1.29, 1.82) is 0 Å². The van der Waals surface area contributed by atoms with Gasteiger partial charge in [-0.15, -0.1) is 11.8 Å². The summed E-state index contributed by atoms with van der Waals surface area (Å²) in [6, 6.07) is 3.00. The van der Waals surface area contributed by atoms with Crippen LogP contribution in [0.4, 0.5) is 4.79 Å². The predicted octanol–water partition coefficient (Wildman–Crippen LogP) is 1.15. The van der Waals surface area contributed by atoms with Gasteiger partial charge in [-0.25, -0.2) is 9.36 Å². The molecule has 1 aromatic rings. The van der Waals surface area contributed by atoms with E-state index in [-0.39, 0.29) is 5.56 Å². The van der Waals surface area contributed by atoms with E-state index >= 15 is 0 Å². The maximum Gasteiger partial charge on any atom is 0.328 e. The van der Waals surface area contributed by atoms with Crippen LogP contribution in [0.15, 0.2) is 28.0 Å². The highest BCUT2D eigenvalue weighted by molar-refractivity contribution is 7.99. The summed E-state index contributed by atoms with van der Waals surface area (Å²) in [7, 11) is 1.49. The van der Waals surface area contributed by atoms with E-state index in [1.807, 2.05) is 6.92 Å². The van der Waals surface area contributed by atoms with E-state index in [4.69, 9.17) is 0 Å². The fraction of sp³-hybridized carbons (Fsp3) is 0.333. The Hall–Kier alpha value is -1.23. The number of thioether (sulfide) groups is 1. The Morgan fingerprint density at radius 2 is 2.36 bits per heavy atom. The van der Waals surface area contributed by atoms with Gasteiger partial charge in [-0.3, -0.25) is 4.79 Å². The van der Waals surface area contributed by atoms with Crippen LogP contribution in [-0.2, 0) is 0 Å². The van der Waals surface area contributed by atoms with Gasteiger partial charge in [0.1, 0.15) is 0 Å². The van der Waals surface area contributed by atoms with Crippen LogP contribution in [0.2, 0.25) is 0 Å². The number of rotatable bonds is 2. The number of carbonyl (C=O) groups excluding carboxylic acids is 1. The van der Waals surface area contributed by atoms with Crippen molar-refractivity contribution in [2.45, 2.75) is 11.8 Å². The Bertz CT molecular complexity index is 387. The molecule has 0 aliphatic heterocycles. The molecule has 1 rings (SSSR count). The summed E-state index contributed by atoms with van der Waals surface area (Å²) in [4.78, 5) is 23.5. The van der Waals surface area contributed by atoms with Crippen molar-refractivity contribution in [3.63, 3.8) is 0 Å². The third-order valence-electron chi connectivity index (χ3n) is 1.64. The number of nitrogens with one attached hydrogen (secondary N) is 1. The van der Waals surface area contributed by atoms with Crippen LogP contribution < -0.4 is 10.9 Å². The van der Waals surface area contributed by atoms with E-state index in [0.717, 1.165) is 10.3 Å². The van der Waals surface area contributed by atoms with E-state index in [1.54, 1.807) is 12.1 Å². The summed E-state index contributed by atoms with van der Waals surface area (Å²) >= 11 is 1.43. The Kier molecular flexibility index (Phi) is 3.76. The second-order valence-corrected chi connectivity index (χ2v) is 3.84. The summed E-state index contributed by atoms with van der Waals surface area (Å²) in [5, 5.41) is 2.41. The lowest BCUT2D eigenvalue weighted by Gasteiger charge is -2.04. The fourth-order valence-corrected chi connectivity index (χ4v) is 1.73. The molecule has 0 aliphatic rings. The summed E-state index contributed by atoms with van der Waals surface area (Å²) in [6.07, 6.45) is 1.46. The van der Waals surface area contributed by atoms with Crippen molar-refractivity contribution in [2.24, 2.45) is 0 Å². The maximum absolute atomic E-state index is 11.6. The zero-order valence-corrected chi connectivity index (χ0v) is 8.93. The molecule has 1 heterocycles. The van der Waals surface area contributed by atoms with Crippen LogP contribution in [0, 0.1) is 0 Å². The molecule has 0 atom stereocenters. The van der Waals surface area contributed by atoms with Gasteiger partial charge in [-0.05, 0) is 17.9 Å². The summed E-state index contributed by atoms with van der Waals surface area (Å²) in [5.74, 6) is 0.812. The highest BCUT2D eigenvalue weighted by atomic mass is 32.2. The molecule has 0 fully saturated rings. The zero-order chi connectivity index (χ0) is 10.6. The highest BCUT2D eigenvalue weighted by Gasteiger charge is 2.07. The Morgan fingerprint density at radius 1 is 1.64 bits per heavy atom. The van der Waals surface area contributed by atoms with Gasteiger partial charge >= 0.3 is 6.03 Å². The number of nitrogens with zero attached hydrogens (tertiary/aromatic N) is 1. The largest absolute Gasteiger partial charge is 0.340 e. The number of amides is 1. The number of carbonyl (C=O) groups is 1. The number of hydrogen-bond donors (Lipinski definition) is 1. The average Bonchev–Trinajstić information content (AvgIpc) is 2.20. The Labute approximate surface area is 86.3 Å². The average molecular weight is 212 g/mol. The minimum absolute atomic E-state index is 0.265. The lowest BCUT2D eigenvalue weighted by atomic mass is 10.5. The highest BCUT2D eigenvalue weighted by Crippen LogP contribution is 2.11. The first-order chi connectivity index (χ1) is 6.70. The van der Waals surface area contributed by atoms with Gasteiger partial charge in [-0.1, -0.05) is 6.92 Å². The minimum Gasteiger partial charge on any atom is -0.340 e. The maximum atomic E-state index is 11.6. The third kappa shape index (κ3) is 2.17. The molecule has 0 unspecified atom stereocenters. The number of pyridine rings is 1. The molecule has 0 aromatic carbocycles. The predicted molar refractivity (Wildman–Crippen MR) is 57.0 cm³/mol. The lowest BCUT2D eigenvalue weighted by molar-refractivity contribution is 0.243. The second-order valence-electron chi connectivity index (χ2n) is 2.54. The second kappa shape index (κ2) is 4.85. The molecular formula is C9H12N2O2S. The van der Waals surface area contributed by atoms with Crippen molar-refractivity contribution in [2.75, 3.05) is 12.8 Å². The lowest BCUT2D eigenvalue weighted by Crippen LogP contribution is -2.34. The van der Waals surface area contributed by atoms with E-state index in [1.165, 1.54) is 25.0 Å². The molecule has 1 aromatic heterocycles. The fourth-order valence-electron chi connectivity index (χ4n) is 1.02. The van der Waals surface area contributed by atoms with Crippen LogP contribution in [0.3, 0.4) is 0 Å². The molecule has 1 N–H and O–H groups in total. The zero-order valence-electron chi connectivity index (χ0n) is 8.11. The molecule has 0 saturated heterocycles.